The van der Waals surface area contributed by atoms with E-state index >= 15 is 0 Å². The van der Waals surface area contributed by atoms with Crippen molar-refractivity contribution >= 4 is 0 Å². The first-order valence-electron chi connectivity index (χ1n) is 5.80. The van der Waals surface area contributed by atoms with Gasteiger partial charge in [0.05, 0.1) is 6.61 Å². The van der Waals surface area contributed by atoms with Gasteiger partial charge in [-0.2, -0.15) is 0 Å². The van der Waals surface area contributed by atoms with Crippen molar-refractivity contribution in [3.05, 3.63) is 35.4 Å². The van der Waals surface area contributed by atoms with Gasteiger partial charge >= 0.3 is 0 Å². The van der Waals surface area contributed by atoms with Crippen LogP contribution in [0.3, 0.4) is 0 Å². The summed E-state index contributed by atoms with van der Waals surface area (Å²) in [4.78, 5) is 0. The molecule has 2 atom stereocenters. The third kappa shape index (κ3) is 2.12. The molecule has 1 aromatic rings. The van der Waals surface area contributed by atoms with Crippen molar-refractivity contribution in [1.29, 1.82) is 0 Å². The first kappa shape index (κ1) is 11.6. The monoisotopic (exact) mass is 221 g/mol. The third-order valence-corrected chi connectivity index (χ3v) is 3.47. The molecule has 1 fully saturated rings. The van der Waals surface area contributed by atoms with Gasteiger partial charge in [-0.05, 0) is 37.4 Å². The number of hydrogen-bond donors (Lipinski definition) is 3. The highest BCUT2D eigenvalue weighted by molar-refractivity contribution is 5.30. The van der Waals surface area contributed by atoms with E-state index in [1.807, 2.05) is 24.3 Å². The highest BCUT2D eigenvalue weighted by Gasteiger charge is 2.29. The van der Waals surface area contributed by atoms with E-state index in [1.165, 1.54) is 12.0 Å². The van der Waals surface area contributed by atoms with Crippen LogP contribution < -0.4 is 5.32 Å². The van der Waals surface area contributed by atoms with Gasteiger partial charge in [0, 0.05) is 5.54 Å². The Balaban J connectivity index is 2.18. The maximum atomic E-state index is 9.48. The van der Waals surface area contributed by atoms with Crippen molar-refractivity contribution in [1.82, 2.24) is 5.32 Å². The Labute approximate surface area is 96.1 Å². The molecule has 1 heterocycles. The van der Waals surface area contributed by atoms with Gasteiger partial charge in [-0.15, -0.1) is 0 Å². The molecule has 1 saturated heterocycles. The van der Waals surface area contributed by atoms with Crippen LogP contribution in [0.25, 0.3) is 0 Å². The summed E-state index contributed by atoms with van der Waals surface area (Å²) in [6, 6.07) is 7.85. The van der Waals surface area contributed by atoms with E-state index in [9.17, 15) is 5.11 Å². The fourth-order valence-electron chi connectivity index (χ4n) is 2.32. The zero-order valence-corrected chi connectivity index (χ0v) is 9.61. The van der Waals surface area contributed by atoms with Gasteiger partial charge < -0.3 is 15.5 Å². The molecule has 1 aliphatic heterocycles. The number of aliphatic hydroxyl groups is 2. The SMILES string of the molecule is CC1(c2ccc(C(O)CO)cc2)CCCN1. The van der Waals surface area contributed by atoms with Crippen LogP contribution in [0, 0.1) is 0 Å². The number of rotatable bonds is 3. The Hall–Kier alpha value is -0.900. The van der Waals surface area contributed by atoms with Gasteiger partial charge in [0.15, 0.2) is 0 Å². The first-order chi connectivity index (χ1) is 7.65. The summed E-state index contributed by atoms with van der Waals surface area (Å²) in [6.07, 6.45) is 1.59. The van der Waals surface area contributed by atoms with E-state index in [0.29, 0.717) is 0 Å². The fraction of sp³-hybridized carbons (Fsp3) is 0.538. The van der Waals surface area contributed by atoms with Crippen LogP contribution in [0.4, 0.5) is 0 Å². The Morgan fingerprint density at radius 3 is 2.56 bits per heavy atom. The highest BCUT2D eigenvalue weighted by atomic mass is 16.3. The average molecular weight is 221 g/mol. The predicted molar refractivity (Wildman–Crippen MR) is 63.1 cm³/mol. The molecule has 2 rings (SSSR count). The zero-order chi connectivity index (χ0) is 11.6. The Morgan fingerprint density at radius 2 is 2.06 bits per heavy atom. The van der Waals surface area contributed by atoms with Crippen molar-refractivity contribution in [2.24, 2.45) is 0 Å². The lowest BCUT2D eigenvalue weighted by Crippen LogP contribution is -2.33. The van der Waals surface area contributed by atoms with E-state index in [-0.39, 0.29) is 12.1 Å². The van der Waals surface area contributed by atoms with Gasteiger partial charge in [-0.1, -0.05) is 24.3 Å². The molecule has 0 bridgehead atoms. The van der Waals surface area contributed by atoms with Gasteiger partial charge in [0.25, 0.3) is 0 Å². The molecule has 2 unspecified atom stereocenters. The first-order valence-corrected chi connectivity index (χ1v) is 5.80. The molecule has 16 heavy (non-hydrogen) atoms. The summed E-state index contributed by atoms with van der Waals surface area (Å²) in [5.41, 5.74) is 2.09. The van der Waals surface area contributed by atoms with Crippen molar-refractivity contribution < 1.29 is 10.2 Å². The normalized spacial score (nSPS) is 26.9. The molecule has 3 N–H and O–H groups in total. The summed E-state index contributed by atoms with van der Waals surface area (Å²) in [7, 11) is 0. The van der Waals surface area contributed by atoms with Gasteiger partial charge in [0.2, 0.25) is 0 Å². The third-order valence-electron chi connectivity index (χ3n) is 3.47. The van der Waals surface area contributed by atoms with E-state index in [0.717, 1.165) is 18.5 Å². The molecule has 1 aliphatic rings. The Morgan fingerprint density at radius 1 is 1.38 bits per heavy atom. The number of benzene rings is 1. The van der Waals surface area contributed by atoms with E-state index in [4.69, 9.17) is 5.11 Å². The Bertz CT molecular complexity index is 341. The maximum absolute atomic E-state index is 9.48. The minimum atomic E-state index is -0.765. The van der Waals surface area contributed by atoms with Gasteiger partial charge in [-0.3, -0.25) is 0 Å². The van der Waals surface area contributed by atoms with E-state index in [1.54, 1.807) is 0 Å². The van der Waals surface area contributed by atoms with Crippen molar-refractivity contribution in [2.75, 3.05) is 13.2 Å². The summed E-state index contributed by atoms with van der Waals surface area (Å²) in [5.74, 6) is 0. The molecule has 3 heteroatoms. The average Bonchev–Trinajstić information content (AvgIpc) is 2.77. The van der Waals surface area contributed by atoms with Crippen molar-refractivity contribution in [2.45, 2.75) is 31.4 Å². The topological polar surface area (TPSA) is 52.5 Å². The molecule has 0 amide bonds. The predicted octanol–water partition coefficient (Wildman–Crippen LogP) is 1.31. The molecule has 0 spiro atoms. The quantitative estimate of drug-likeness (QED) is 0.721. The number of aliphatic hydroxyl groups excluding tert-OH is 2. The van der Waals surface area contributed by atoms with Crippen LogP contribution in [-0.4, -0.2) is 23.4 Å². The lowest BCUT2D eigenvalue weighted by Gasteiger charge is -2.25. The van der Waals surface area contributed by atoms with Crippen LogP contribution in [0.5, 0.6) is 0 Å². The van der Waals surface area contributed by atoms with Crippen molar-refractivity contribution in [3.63, 3.8) is 0 Å². The maximum Gasteiger partial charge on any atom is 0.102 e. The standard InChI is InChI=1S/C13H19NO2/c1-13(7-2-8-14-13)11-5-3-10(4-6-11)12(16)9-15/h3-6,12,14-16H,2,7-9H2,1H3. The van der Waals surface area contributed by atoms with E-state index < -0.39 is 6.10 Å². The summed E-state index contributed by atoms with van der Waals surface area (Å²) >= 11 is 0. The second-order valence-corrected chi connectivity index (χ2v) is 4.68. The molecular weight excluding hydrogens is 202 g/mol. The van der Waals surface area contributed by atoms with Crippen LogP contribution >= 0.6 is 0 Å². The lowest BCUT2D eigenvalue weighted by atomic mass is 9.89. The second-order valence-electron chi connectivity index (χ2n) is 4.68. The lowest BCUT2D eigenvalue weighted by molar-refractivity contribution is 0.0956. The van der Waals surface area contributed by atoms with Crippen LogP contribution in [-0.2, 0) is 5.54 Å². The molecular formula is C13H19NO2. The molecule has 88 valence electrons. The minimum absolute atomic E-state index is 0.0721. The van der Waals surface area contributed by atoms with Gasteiger partial charge in [-0.25, -0.2) is 0 Å². The number of hydrogen-bond acceptors (Lipinski definition) is 3. The van der Waals surface area contributed by atoms with Crippen LogP contribution in [0.1, 0.15) is 37.0 Å². The summed E-state index contributed by atoms with van der Waals surface area (Å²) < 4.78 is 0. The molecule has 0 saturated carbocycles. The highest BCUT2D eigenvalue weighted by Crippen LogP contribution is 2.30. The summed E-state index contributed by atoms with van der Waals surface area (Å²) in [5, 5.41) is 21.8. The largest absolute Gasteiger partial charge is 0.393 e. The van der Waals surface area contributed by atoms with Crippen LogP contribution in [0.15, 0.2) is 24.3 Å². The van der Waals surface area contributed by atoms with E-state index in [2.05, 4.69) is 12.2 Å². The minimum Gasteiger partial charge on any atom is -0.393 e. The van der Waals surface area contributed by atoms with Gasteiger partial charge in [0.1, 0.15) is 6.10 Å². The molecule has 0 aliphatic carbocycles. The Kier molecular flexibility index (Phi) is 3.28. The fourth-order valence-corrected chi connectivity index (χ4v) is 2.32. The molecule has 0 radical (unpaired) electrons. The smallest absolute Gasteiger partial charge is 0.102 e. The number of nitrogens with one attached hydrogen (secondary N) is 1. The molecule has 0 aromatic heterocycles. The molecule has 1 aromatic carbocycles. The van der Waals surface area contributed by atoms with Crippen LogP contribution in [0.2, 0.25) is 0 Å². The zero-order valence-electron chi connectivity index (χ0n) is 9.61. The van der Waals surface area contributed by atoms with Crippen molar-refractivity contribution in [3.8, 4) is 0 Å². The molecule has 3 nitrogen and oxygen atoms in total. The second kappa shape index (κ2) is 4.53. The summed E-state index contributed by atoms with van der Waals surface area (Å²) in [6.45, 7) is 3.05.